The minimum atomic E-state index is -0.277. The Morgan fingerprint density at radius 1 is 0.297 bits per heavy atom. The third-order valence-electron chi connectivity index (χ3n) is 23.1. The molecule has 0 radical (unpaired) electrons. The maximum Gasteiger partial charge on any atom is 0.308 e. The number of esters is 3. The van der Waals surface area contributed by atoms with Crippen LogP contribution in [-0.2, 0) is 138 Å². The summed E-state index contributed by atoms with van der Waals surface area (Å²) >= 11 is 0. The van der Waals surface area contributed by atoms with Crippen LogP contribution in [-0.4, -0.2) is 329 Å². The van der Waals surface area contributed by atoms with Gasteiger partial charge in [-0.1, -0.05) is 112 Å². The second-order valence-electron chi connectivity index (χ2n) is 46.1. The Morgan fingerprint density at radius 3 is 0.831 bits per heavy atom. The molecule has 0 aromatic heterocycles. The summed E-state index contributed by atoms with van der Waals surface area (Å²) in [6.45, 7) is 106. The van der Waals surface area contributed by atoms with E-state index in [1.165, 1.54) is 12.5 Å². The van der Waals surface area contributed by atoms with E-state index < -0.39 is 0 Å². The predicted octanol–water partition coefficient (Wildman–Crippen LogP) is 27.0. The molecule has 0 amide bonds. The summed E-state index contributed by atoms with van der Waals surface area (Å²) in [4.78, 5) is 32.1. The van der Waals surface area contributed by atoms with Gasteiger partial charge in [-0.2, -0.15) is 0 Å². The van der Waals surface area contributed by atoms with Gasteiger partial charge in [-0.05, 0) is 288 Å². The highest BCUT2D eigenvalue weighted by atomic mass is 16.7. The highest BCUT2D eigenvalue weighted by molar-refractivity contribution is 5.71. The van der Waals surface area contributed by atoms with E-state index in [-0.39, 0.29) is 103 Å². The maximum absolute atomic E-state index is 11.1. The van der Waals surface area contributed by atoms with Crippen LogP contribution in [0.25, 0.3) is 0 Å². The smallest absolute Gasteiger partial charge is 0.308 e. The molecule has 0 N–H and O–H groups in total. The zero-order valence-electron chi connectivity index (χ0n) is 107. The lowest BCUT2D eigenvalue weighted by Crippen LogP contribution is -2.26. The molecule has 0 aliphatic rings. The van der Waals surface area contributed by atoms with Crippen molar-refractivity contribution in [3.05, 3.63) is 49.1 Å². The predicted molar refractivity (Wildman–Crippen MR) is 615 cm³/mol. The summed E-state index contributed by atoms with van der Waals surface area (Å²) in [5.74, 6) is 0.766. The highest BCUT2D eigenvalue weighted by Gasteiger charge is 2.25. The Bertz CT molecular complexity index is 2940. The second-order valence-corrected chi connectivity index (χ2v) is 46.1. The quantitative estimate of drug-likeness (QED) is 0.0180. The van der Waals surface area contributed by atoms with Crippen LogP contribution in [0.1, 0.15) is 380 Å². The van der Waals surface area contributed by atoms with E-state index in [2.05, 4.69) is 192 Å². The van der Waals surface area contributed by atoms with Gasteiger partial charge in [0.1, 0.15) is 0 Å². The van der Waals surface area contributed by atoms with Crippen molar-refractivity contribution in [2.45, 2.75) is 459 Å². The van der Waals surface area contributed by atoms with Gasteiger partial charge in [0.2, 0.25) is 0 Å². The molecule has 0 saturated heterocycles. The molecule has 0 bridgehead atoms. The number of hydrogen-bond donors (Lipinski definition) is 0. The molecule has 1 atom stereocenters. The Labute approximate surface area is 914 Å². The van der Waals surface area contributed by atoms with Crippen LogP contribution >= 0.6 is 0 Å². The first-order chi connectivity index (χ1) is 67.9. The minimum absolute atomic E-state index is 0.0340. The first-order valence-corrected chi connectivity index (χ1v) is 53.8. The average Bonchev–Trinajstić information content (AvgIpc) is 0.902. The van der Waals surface area contributed by atoms with E-state index in [0.717, 1.165) is 180 Å². The highest BCUT2D eigenvalue weighted by Crippen LogP contribution is 2.23. The molecule has 0 aliphatic carbocycles. The Kier molecular flexibility index (Phi) is 116. The van der Waals surface area contributed by atoms with E-state index in [1.807, 2.05) is 96.9 Å². The van der Waals surface area contributed by atoms with Crippen LogP contribution in [0.3, 0.4) is 0 Å². The number of rotatable bonds is 71. The molecule has 1 unspecified atom stereocenters. The number of carbonyl (C=O) groups is 3. The van der Waals surface area contributed by atoms with E-state index >= 15 is 0 Å². The molecule has 0 rings (SSSR count). The minimum Gasteiger partial charge on any atom is -0.466 e. The van der Waals surface area contributed by atoms with E-state index in [1.54, 1.807) is 119 Å². The fourth-order valence-electron chi connectivity index (χ4n) is 8.45. The number of allylic oxidation sites excluding steroid dienone is 1. The summed E-state index contributed by atoms with van der Waals surface area (Å²) in [6.07, 6.45) is 19.8. The zero-order valence-corrected chi connectivity index (χ0v) is 107. The molecular formula is C119H248O29. The molecule has 0 spiro atoms. The van der Waals surface area contributed by atoms with Crippen LogP contribution in [0.4, 0.5) is 0 Å². The summed E-state index contributed by atoms with van der Waals surface area (Å²) in [7, 11) is 23.7. The summed E-state index contributed by atoms with van der Waals surface area (Å²) in [6, 6.07) is 0. The SMILES string of the molecule is C=C(C)COCCC(C)(C)OC.C=CC(C)OCCC(C)(C)OC.C=CCOCCC(C)(C)OC.CCC(=O)OCCC(C)(C)OC.CCCOCCC(C)(C)OC.COC(C)(C)CCOC(=O)C(C)C.COC(C)(C)CCOC(C)=O.COC(C)(C)CCOCC(C)C.COC(C)(C)CCOCC=C(C)C.COC(C)(C)CCOCCC(C)(C)C.COC(C)(C)CCOCCC(C)C.COC(COCCC(C)(C)OC)OC. The average molecular weight is 2140 g/mol. The van der Waals surface area contributed by atoms with Crippen molar-refractivity contribution in [1.29, 1.82) is 0 Å². The van der Waals surface area contributed by atoms with Crippen molar-refractivity contribution in [2.24, 2.45) is 23.2 Å². The van der Waals surface area contributed by atoms with Crippen LogP contribution in [0.5, 0.6) is 0 Å². The molecule has 898 valence electrons. The van der Waals surface area contributed by atoms with E-state index in [4.69, 9.17) is 123 Å². The third-order valence-corrected chi connectivity index (χ3v) is 23.1. The summed E-state index contributed by atoms with van der Waals surface area (Å²) in [5.41, 5.74) is 1.52. The van der Waals surface area contributed by atoms with Gasteiger partial charge < -0.3 is 123 Å². The lowest BCUT2D eigenvalue weighted by molar-refractivity contribution is -0.149. The standard InChI is InChI=1S/C12H26O2.C11H24O2.C11H22O2.C10H22O4.C10H20O3.C10H22O2.2C10H20O2.C9H18O3.C9H20O2.C9H18O2.C8H16O3/c1-11(2,3)7-9-14-10-8-12(4,5)13-6;2*1-10(2)6-8-13-9-7-11(3,4)12-5;1-10(2,13-5)6-7-14-8-9(11-3)12-4;1-8(2)9(11)13-7-6-10(3,4)12-5;2*1-9(2)8-12-7-6-10(3,4)11-5;1-6-9(2)12-8-7-10(3,4)11-5;1-5-8(10)12-7-6-9(2,3)11-4;2*1-5-7-11-8-6-9(2,3)10-4;1-7(9)11-6-5-8(2,3)10-4/h7-10H2,1-6H3;10H,6-9H2,1-5H3;6H,7-9H2,1-5H3;9H,6-8H2,1-5H3;8H,6-7H2,1-5H3;9H,6-8H2,1-5H3;1,6-8H2,2-5H3;6,9H,1,7-8H2,2-5H3;5-7H2,1-4H3;5-8H2,1-4H3;5H,1,6-8H2,2-4H3;5-6H2,1-4H3. The molecule has 29 nitrogen and oxygen atoms in total. The van der Waals surface area contributed by atoms with Gasteiger partial charge in [-0.15, -0.1) is 13.2 Å². The van der Waals surface area contributed by atoms with Crippen molar-refractivity contribution >= 4 is 17.9 Å². The third kappa shape index (κ3) is 149. The van der Waals surface area contributed by atoms with Gasteiger partial charge in [-0.3, -0.25) is 14.4 Å². The zero-order chi connectivity index (χ0) is 118. The van der Waals surface area contributed by atoms with Gasteiger partial charge >= 0.3 is 17.9 Å². The molecule has 0 aliphatic heterocycles. The van der Waals surface area contributed by atoms with Crippen molar-refractivity contribution in [3.63, 3.8) is 0 Å². The second kappa shape index (κ2) is 101. The molecule has 148 heavy (non-hydrogen) atoms. The van der Waals surface area contributed by atoms with Crippen molar-refractivity contribution in [1.82, 2.24) is 0 Å². The van der Waals surface area contributed by atoms with Gasteiger partial charge in [-0.25, -0.2) is 0 Å². The van der Waals surface area contributed by atoms with Crippen LogP contribution < -0.4 is 0 Å². The monoisotopic (exact) mass is 2140 g/mol. The number of ether oxygens (including phenoxy) is 26. The van der Waals surface area contributed by atoms with Gasteiger partial charge in [0, 0.05) is 211 Å². The van der Waals surface area contributed by atoms with Gasteiger partial charge in [0.25, 0.3) is 0 Å². The van der Waals surface area contributed by atoms with Crippen LogP contribution in [0, 0.1) is 23.2 Å². The number of carbonyl (C=O) groups excluding carboxylic acids is 3. The lowest BCUT2D eigenvalue weighted by atomic mass is 9.93. The molecule has 0 heterocycles. The first kappa shape index (κ1) is 169. The molecule has 0 aromatic rings. The molecule has 29 heteroatoms. The Balaban J connectivity index is -0.000000136. The maximum atomic E-state index is 11.1. The normalized spacial score (nSPS) is 12.2. The van der Waals surface area contributed by atoms with Crippen LogP contribution in [0.2, 0.25) is 0 Å². The topological polar surface area (TPSA) is 291 Å². The van der Waals surface area contributed by atoms with Crippen LogP contribution in [0.15, 0.2) is 49.1 Å². The fraction of sp³-hybridized carbons (Fsp3) is 0.908. The molecule has 0 saturated carbocycles. The van der Waals surface area contributed by atoms with Crippen molar-refractivity contribution in [3.8, 4) is 0 Å². The molecular weight excluding hydrogens is 1890 g/mol. The largest absolute Gasteiger partial charge is 0.466 e. The van der Waals surface area contributed by atoms with E-state index in [0.29, 0.717) is 77.2 Å². The molecule has 0 fully saturated rings. The molecule has 0 aromatic carbocycles. The Hall–Kier alpha value is -3.55. The van der Waals surface area contributed by atoms with E-state index in [9.17, 15) is 14.4 Å². The number of hydrogen-bond acceptors (Lipinski definition) is 29. The van der Waals surface area contributed by atoms with Crippen molar-refractivity contribution < 1.29 is 138 Å². The van der Waals surface area contributed by atoms with Crippen molar-refractivity contribution in [2.75, 3.05) is 232 Å². The van der Waals surface area contributed by atoms with Gasteiger partial charge in [0.15, 0.2) is 6.29 Å². The summed E-state index contributed by atoms with van der Waals surface area (Å²) in [5, 5.41) is 0. The first-order valence-electron chi connectivity index (χ1n) is 53.8. The lowest BCUT2D eigenvalue weighted by Gasteiger charge is -2.23. The Morgan fingerprint density at radius 2 is 0.568 bits per heavy atom. The summed E-state index contributed by atoms with van der Waals surface area (Å²) < 4.78 is 136. The number of methoxy groups -OCH3 is 14. The fourth-order valence-corrected chi connectivity index (χ4v) is 8.45. The van der Waals surface area contributed by atoms with Gasteiger partial charge in [0.05, 0.1) is 132 Å².